The quantitative estimate of drug-likeness (QED) is 0.593. The molecular weight excluding hydrogens is 418 g/mol. The molecule has 26 heavy (non-hydrogen) atoms. The summed E-state index contributed by atoms with van der Waals surface area (Å²) in [5, 5.41) is 8.77. The molecule has 0 saturated carbocycles. The topological polar surface area (TPSA) is 74.7 Å². The van der Waals surface area contributed by atoms with Gasteiger partial charge in [0.15, 0.2) is 0 Å². The van der Waals surface area contributed by atoms with Gasteiger partial charge >= 0.3 is 5.97 Å². The smallest absolute Gasteiger partial charge is 0.303 e. The van der Waals surface area contributed by atoms with E-state index in [1.54, 1.807) is 24.3 Å². The molecule has 2 aromatic carbocycles. The van der Waals surface area contributed by atoms with E-state index in [9.17, 15) is 13.2 Å². The first-order valence-corrected chi connectivity index (χ1v) is 10.6. The fourth-order valence-electron chi connectivity index (χ4n) is 2.55. The van der Waals surface area contributed by atoms with E-state index in [1.165, 1.54) is 4.31 Å². The summed E-state index contributed by atoms with van der Waals surface area (Å²) in [4.78, 5) is 10.9. The van der Waals surface area contributed by atoms with Gasteiger partial charge in [-0.2, -0.15) is 4.31 Å². The van der Waals surface area contributed by atoms with Crippen molar-refractivity contribution in [3.8, 4) is 0 Å². The van der Waals surface area contributed by atoms with E-state index in [0.717, 1.165) is 15.6 Å². The molecular formula is C19H22BrNO4S. The average molecular weight is 440 g/mol. The number of carboxylic acid groups (broad SMARTS) is 1. The molecule has 1 N–H and O–H groups in total. The van der Waals surface area contributed by atoms with Gasteiger partial charge in [-0.3, -0.25) is 4.79 Å². The first kappa shape index (κ1) is 20.6. The molecule has 0 fully saturated rings. The van der Waals surface area contributed by atoms with Crippen LogP contribution in [0.25, 0.3) is 0 Å². The summed E-state index contributed by atoms with van der Waals surface area (Å²) < 4.78 is 28.4. The number of unbranched alkanes of at least 4 members (excludes halogenated alkanes) is 1. The van der Waals surface area contributed by atoms with Crippen LogP contribution >= 0.6 is 15.9 Å². The second-order valence-electron chi connectivity index (χ2n) is 6.13. The Labute approximate surface area is 162 Å². The normalized spacial score (nSPS) is 11.7. The third-order valence-electron chi connectivity index (χ3n) is 3.95. The zero-order valence-electron chi connectivity index (χ0n) is 14.6. The number of halogens is 1. The highest BCUT2D eigenvalue weighted by Crippen LogP contribution is 2.21. The molecule has 140 valence electrons. The van der Waals surface area contributed by atoms with Crippen LogP contribution in [0.4, 0.5) is 0 Å². The van der Waals surface area contributed by atoms with Crippen molar-refractivity contribution in [2.45, 2.75) is 37.6 Å². The van der Waals surface area contributed by atoms with Crippen LogP contribution in [0.3, 0.4) is 0 Å². The van der Waals surface area contributed by atoms with Gasteiger partial charge in [-0.15, -0.1) is 0 Å². The van der Waals surface area contributed by atoms with E-state index in [-0.39, 0.29) is 24.4 Å². The van der Waals surface area contributed by atoms with Crippen LogP contribution in [0.15, 0.2) is 57.9 Å². The van der Waals surface area contributed by atoms with Crippen LogP contribution in [-0.4, -0.2) is 30.3 Å². The van der Waals surface area contributed by atoms with Gasteiger partial charge in [0.25, 0.3) is 0 Å². The van der Waals surface area contributed by atoms with E-state index in [4.69, 9.17) is 5.11 Å². The molecule has 0 aromatic heterocycles. The molecule has 0 aliphatic carbocycles. The number of nitrogens with zero attached hydrogens (tertiary/aromatic N) is 1. The van der Waals surface area contributed by atoms with E-state index in [2.05, 4.69) is 15.9 Å². The average Bonchev–Trinajstić information content (AvgIpc) is 2.57. The Balaban J connectivity index is 2.23. The molecule has 0 aliphatic heterocycles. The highest BCUT2D eigenvalue weighted by molar-refractivity contribution is 9.10. The van der Waals surface area contributed by atoms with E-state index in [1.807, 2.05) is 31.2 Å². The molecule has 2 rings (SSSR count). The maximum Gasteiger partial charge on any atom is 0.303 e. The minimum atomic E-state index is -3.66. The van der Waals surface area contributed by atoms with Crippen LogP contribution in [0.2, 0.25) is 0 Å². The number of benzene rings is 2. The molecule has 0 heterocycles. The Kier molecular flexibility index (Phi) is 7.37. The molecule has 0 unspecified atom stereocenters. The van der Waals surface area contributed by atoms with Crippen molar-refractivity contribution in [1.29, 1.82) is 0 Å². The molecule has 0 aliphatic rings. The van der Waals surface area contributed by atoms with Crippen molar-refractivity contribution in [1.82, 2.24) is 4.31 Å². The highest BCUT2D eigenvalue weighted by Gasteiger charge is 2.24. The number of carboxylic acids is 1. The van der Waals surface area contributed by atoms with Gasteiger partial charge < -0.3 is 5.11 Å². The van der Waals surface area contributed by atoms with Gasteiger partial charge in [-0.25, -0.2) is 8.42 Å². The van der Waals surface area contributed by atoms with Crippen LogP contribution in [0.1, 0.15) is 30.4 Å². The fourth-order valence-corrected chi connectivity index (χ4v) is 4.46. The van der Waals surface area contributed by atoms with Gasteiger partial charge in [0.1, 0.15) is 0 Å². The lowest BCUT2D eigenvalue weighted by Crippen LogP contribution is -2.31. The second-order valence-corrected chi connectivity index (χ2v) is 8.99. The minimum absolute atomic E-state index is 0.0370. The number of aliphatic carboxylic acids is 1. The number of sulfonamides is 1. The molecule has 0 spiro atoms. The Bertz CT molecular complexity index is 850. The lowest BCUT2D eigenvalue weighted by Gasteiger charge is -2.22. The maximum atomic E-state index is 13.1. The number of aryl methyl sites for hydroxylation is 1. The summed E-state index contributed by atoms with van der Waals surface area (Å²) in [7, 11) is -3.66. The Hall–Kier alpha value is -1.70. The third kappa shape index (κ3) is 5.93. The summed E-state index contributed by atoms with van der Waals surface area (Å²) in [6.07, 6.45) is 0.967. The lowest BCUT2D eigenvalue weighted by molar-refractivity contribution is -0.137. The second kappa shape index (κ2) is 9.30. The summed E-state index contributed by atoms with van der Waals surface area (Å²) in [6.45, 7) is 2.42. The monoisotopic (exact) mass is 439 g/mol. The summed E-state index contributed by atoms with van der Waals surface area (Å²) in [6, 6.07) is 14.3. The van der Waals surface area contributed by atoms with Crippen molar-refractivity contribution in [3.63, 3.8) is 0 Å². The Morgan fingerprint density at radius 3 is 2.42 bits per heavy atom. The first-order chi connectivity index (χ1) is 12.3. The third-order valence-corrected chi connectivity index (χ3v) is 6.31. The summed E-state index contributed by atoms with van der Waals surface area (Å²) in [5.74, 6) is -0.870. The van der Waals surface area contributed by atoms with Gasteiger partial charge in [-0.1, -0.05) is 45.8 Å². The first-order valence-electron chi connectivity index (χ1n) is 8.32. The van der Waals surface area contributed by atoms with Crippen LogP contribution in [-0.2, 0) is 21.4 Å². The summed E-state index contributed by atoms with van der Waals surface area (Å²) >= 11 is 3.40. The molecule has 0 bridgehead atoms. The Morgan fingerprint density at radius 1 is 1.12 bits per heavy atom. The largest absolute Gasteiger partial charge is 0.481 e. The minimum Gasteiger partial charge on any atom is -0.481 e. The molecule has 7 heteroatoms. The Morgan fingerprint density at radius 2 is 1.81 bits per heavy atom. The van der Waals surface area contributed by atoms with Crippen molar-refractivity contribution in [2.75, 3.05) is 6.54 Å². The van der Waals surface area contributed by atoms with Crippen LogP contribution < -0.4 is 0 Å². The van der Waals surface area contributed by atoms with Gasteiger partial charge in [0.05, 0.1) is 4.90 Å². The number of hydrogen-bond donors (Lipinski definition) is 1. The fraction of sp³-hybridized carbons (Fsp3) is 0.316. The predicted octanol–water partition coefficient (Wildman–Crippen LogP) is 4.20. The number of rotatable bonds is 9. The zero-order chi connectivity index (χ0) is 19.2. The molecule has 0 radical (unpaired) electrons. The standard InChI is InChI=1S/C19H22BrNO4S/c1-15-8-10-18(11-9-15)26(24,25)21(12-3-2-7-19(22)23)14-16-5-4-6-17(20)13-16/h4-6,8-11,13H,2-3,7,12,14H2,1H3,(H,22,23). The molecule has 2 aromatic rings. The molecule has 5 nitrogen and oxygen atoms in total. The van der Waals surface area contributed by atoms with Gasteiger partial charge in [0.2, 0.25) is 10.0 Å². The number of carbonyl (C=O) groups is 1. The van der Waals surface area contributed by atoms with Gasteiger partial charge in [0, 0.05) is 24.0 Å². The predicted molar refractivity (Wildman–Crippen MR) is 104 cm³/mol. The zero-order valence-corrected chi connectivity index (χ0v) is 17.0. The van der Waals surface area contributed by atoms with E-state index < -0.39 is 16.0 Å². The van der Waals surface area contributed by atoms with E-state index in [0.29, 0.717) is 12.8 Å². The highest BCUT2D eigenvalue weighted by atomic mass is 79.9. The molecule has 0 saturated heterocycles. The number of hydrogen-bond acceptors (Lipinski definition) is 3. The van der Waals surface area contributed by atoms with Crippen LogP contribution in [0.5, 0.6) is 0 Å². The van der Waals surface area contributed by atoms with Crippen LogP contribution in [0, 0.1) is 6.92 Å². The summed E-state index contributed by atoms with van der Waals surface area (Å²) in [5.41, 5.74) is 1.86. The van der Waals surface area contributed by atoms with E-state index >= 15 is 0 Å². The maximum absolute atomic E-state index is 13.1. The lowest BCUT2D eigenvalue weighted by atomic mass is 10.2. The molecule has 0 atom stereocenters. The van der Waals surface area contributed by atoms with Crippen molar-refractivity contribution in [3.05, 3.63) is 64.1 Å². The van der Waals surface area contributed by atoms with Crippen molar-refractivity contribution >= 4 is 31.9 Å². The molecule has 0 amide bonds. The van der Waals surface area contributed by atoms with Crippen molar-refractivity contribution < 1.29 is 18.3 Å². The van der Waals surface area contributed by atoms with Crippen molar-refractivity contribution in [2.24, 2.45) is 0 Å². The SMILES string of the molecule is Cc1ccc(S(=O)(=O)N(CCCCC(=O)O)Cc2cccc(Br)c2)cc1. The van der Waals surface area contributed by atoms with Gasteiger partial charge in [-0.05, 0) is 49.6 Å².